The third-order valence-corrected chi connectivity index (χ3v) is 3.49. The van der Waals surface area contributed by atoms with Crippen molar-refractivity contribution in [3.8, 4) is 0 Å². The predicted octanol–water partition coefficient (Wildman–Crippen LogP) is 1.02. The lowest BCUT2D eigenvalue weighted by Crippen LogP contribution is -2.46. The lowest BCUT2D eigenvalue weighted by atomic mass is 10.2. The first kappa shape index (κ1) is 12.3. The molecule has 0 bridgehead atoms. The normalized spacial score (nSPS) is 17.5. The molecule has 1 aliphatic rings. The van der Waals surface area contributed by atoms with E-state index in [1.165, 1.54) is 0 Å². The molecule has 0 unspecified atom stereocenters. The summed E-state index contributed by atoms with van der Waals surface area (Å²) in [6.07, 6.45) is 0. The van der Waals surface area contributed by atoms with E-state index in [0.717, 1.165) is 49.8 Å². The van der Waals surface area contributed by atoms with E-state index in [4.69, 9.17) is 5.11 Å². The highest BCUT2D eigenvalue weighted by Gasteiger charge is 2.16. The number of pyridine rings is 1. The number of nitrogens with zero attached hydrogens (tertiary/aromatic N) is 3. The number of aromatic nitrogens is 1. The van der Waals surface area contributed by atoms with Gasteiger partial charge in [0.1, 0.15) is 5.82 Å². The Labute approximate surface area is 103 Å². The minimum atomic E-state index is 0.0721. The van der Waals surface area contributed by atoms with Crippen molar-refractivity contribution in [1.29, 1.82) is 0 Å². The van der Waals surface area contributed by atoms with Crippen LogP contribution in [0, 0.1) is 6.92 Å². The number of hydrogen-bond acceptors (Lipinski definition) is 4. The molecular weight excluding hydrogens is 214 g/mol. The standard InChI is InChI=1S/C13H21N3O/c1-3-15-6-8-16(9-7-15)13-5-4-12(10-17)11(2)14-13/h4-5,17H,3,6-10H2,1-2H3. The summed E-state index contributed by atoms with van der Waals surface area (Å²) in [5.74, 6) is 1.04. The summed E-state index contributed by atoms with van der Waals surface area (Å²) in [6.45, 7) is 9.66. The van der Waals surface area contributed by atoms with Gasteiger partial charge in [0.25, 0.3) is 0 Å². The van der Waals surface area contributed by atoms with E-state index in [9.17, 15) is 0 Å². The van der Waals surface area contributed by atoms with Crippen molar-refractivity contribution in [3.05, 3.63) is 23.4 Å². The fourth-order valence-electron chi connectivity index (χ4n) is 2.21. The summed E-state index contributed by atoms with van der Waals surface area (Å²) < 4.78 is 0. The average molecular weight is 235 g/mol. The second-order valence-corrected chi connectivity index (χ2v) is 4.49. The fraction of sp³-hybridized carbons (Fsp3) is 0.615. The molecule has 94 valence electrons. The molecule has 0 aliphatic carbocycles. The van der Waals surface area contributed by atoms with Crippen LogP contribution >= 0.6 is 0 Å². The van der Waals surface area contributed by atoms with Gasteiger partial charge in [-0.1, -0.05) is 13.0 Å². The molecule has 0 saturated carbocycles. The summed E-state index contributed by atoms with van der Waals surface area (Å²) in [5.41, 5.74) is 1.85. The van der Waals surface area contributed by atoms with Gasteiger partial charge in [-0.3, -0.25) is 0 Å². The minimum absolute atomic E-state index is 0.0721. The van der Waals surface area contributed by atoms with E-state index >= 15 is 0 Å². The molecule has 1 fully saturated rings. The zero-order valence-electron chi connectivity index (χ0n) is 10.7. The molecule has 1 aliphatic heterocycles. The zero-order chi connectivity index (χ0) is 12.3. The molecule has 0 spiro atoms. The van der Waals surface area contributed by atoms with Gasteiger partial charge in [0.2, 0.25) is 0 Å². The molecule has 1 saturated heterocycles. The van der Waals surface area contributed by atoms with Crippen LogP contribution in [-0.4, -0.2) is 47.7 Å². The van der Waals surface area contributed by atoms with Crippen LogP contribution in [0.4, 0.5) is 5.82 Å². The van der Waals surface area contributed by atoms with Crippen molar-refractivity contribution >= 4 is 5.82 Å². The predicted molar refractivity (Wildman–Crippen MR) is 69.2 cm³/mol. The third-order valence-electron chi connectivity index (χ3n) is 3.49. The number of aryl methyl sites for hydroxylation is 1. The Morgan fingerprint density at radius 2 is 1.94 bits per heavy atom. The monoisotopic (exact) mass is 235 g/mol. The van der Waals surface area contributed by atoms with Crippen LogP contribution in [0.3, 0.4) is 0 Å². The summed E-state index contributed by atoms with van der Waals surface area (Å²) in [5, 5.41) is 9.13. The Balaban J connectivity index is 2.06. The van der Waals surface area contributed by atoms with Gasteiger partial charge in [0.15, 0.2) is 0 Å². The van der Waals surface area contributed by atoms with E-state index < -0.39 is 0 Å². The first-order valence-electron chi connectivity index (χ1n) is 6.29. The third kappa shape index (κ3) is 2.76. The van der Waals surface area contributed by atoms with Crippen molar-refractivity contribution in [3.63, 3.8) is 0 Å². The SMILES string of the molecule is CCN1CCN(c2ccc(CO)c(C)n2)CC1. The van der Waals surface area contributed by atoms with Crippen LogP contribution < -0.4 is 4.90 Å². The first-order chi connectivity index (χ1) is 8.24. The molecule has 1 aromatic heterocycles. The van der Waals surface area contributed by atoms with E-state index in [1.54, 1.807) is 0 Å². The van der Waals surface area contributed by atoms with Gasteiger partial charge in [-0.15, -0.1) is 0 Å². The van der Waals surface area contributed by atoms with E-state index in [-0.39, 0.29) is 6.61 Å². The minimum Gasteiger partial charge on any atom is -0.392 e. The van der Waals surface area contributed by atoms with Crippen molar-refractivity contribution in [1.82, 2.24) is 9.88 Å². The van der Waals surface area contributed by atoms with Crippen LogP contribution in [-0.2, 0) is 6.61 Å². The smallest absolute Gasteiger partial charge is 0.128 e. The van der Waals surface area contributed by atoms with E-state index in [2.05, 4.69) is 21.7 Å². The van der Waals surface area contributed by atoms with E-state index in [1.807, 2.05) is 19.1 Å². The number of rotatable bonds is 3. The molecule has 1 N–H and O–H groups in total. The molecule has 17 heavy (non-hydrogen) atoms. The number of aliphatic hydroxyl groups is 1. The maximum Gasteiger partial charge on any atom is 0.128 e. The Bertz CT molecular complexity index is 373. The fourth-order valence-corrected chi connectivity index (χ4v) is 2.21. The van der Waals surface area contributed by atoms with Crippen molar-refractivity contribution in [2.75, 3.05) is 37.6 Å². The van der Waals surface area contributed by atoms with Crippen molar-refractivity contribution < 1.29 is 5.11 Å². The van der Waals surface area contributed by atoms with Gasteiger partial charge >= 0.3 is 0 Å². The maximum atomic E-state index is 9.13. The zero-order valence-corrected chi connectivity index (χ0v) is 10.7. The molecule has 4 heteroatoms. The number of anilines is 1. The molecule has 0 amide bonds. The molecular formula is C13H21N3O. The number of piperazine rings is 1. The highest BCUT2D eigenvalue weighted by molar-refractivity contribution is 5.42. The molecule has 0 atom stereocenters. The van der Waals surface area contributed by atoms with Crippen LogP contribution in [0.1, 0.15) is 18.2 Å². The Hall–Kier alpha value is -1.13. The molecule has 0 aromatic carbocycles. The van der Waals surface area contributed by atoms with Crippen LogP contribution in [0.5, 0.6) is 0 Å². The number of hydrogen-bond donors (Lipinski definition) is 1. The van der Waals surface area contributed by atoms with Gasteiger partial charge in [0.05, 0.1) is 6.61 Å². The van der Waals surface area contributed by atoms with Crippen molar-refractivity contribution in [2.24, 2.45) is 0 Å². The highest BCUT2D eigenvalue weighted by Crippen LogP contribution is 2.16. The molecule has 4 nitrogen and oxygen atoms in total. The largest absolute Gasteiger partial charge is 0.392 e. The van der Waals surface area contributed by atoms with Gasteiger partial charge in [-0.25, -0.2) is 4.98 Å². The van der Waals surface area contributed by atoms with E-state index in [0.29, 0.717) is 0 Å². The summed E-state index contributed by atoms with van der Waals surface area (Å²) in [4.78, 5) is 9.34. The summed E-state index contributed by atoms with van der Waals surface area (Å²) in [6, 6.07) is 3.99. The average Bonchev–Trinajstić information content (AvgIpc) is 2.39. The number of likely N-dealkylation sites (N-methyl/N-ethyl adjacent to an activating group) is 1. The Morgan fingerprint density at radius 3 is 2.47 bits per heavy atom. The maximum absolute atomic E-state index is 9.13. The Morgan fingerprint density at radius 1 is 1.24 bits per heavy atom. The van der Waals surface area contributed by atoms with Crippen LogP contribution in [0.15, 0.2) is 12.1 Å². The van der Waals surface area contributed by atoms with Crippen LogP contribution in [0.25, 0.3) is 0 Å². The Kier molecular flexibility index (Phi) is 3.97. The topological polar surface area (TPSA) is 39.6 Å². The van der Waals surface area contributed by atoms with Crippen molar-refractivity contribution in [2.45, 2.75) is 20.5 Å². The molecule has 0 radical (unpaired) electrons. The second kappa shape index (κ2) is 5.47. The molecule has 1 aromatic rings. The van der Waals surface area contributed by atoms with Gasteiger partial charge in [-0.05, 0) is 25.1 Å². The lowest BCUT2D eigenvalue weighted by molar-refractivity contribution is 0.270. The summed E-state index contributed by atoms with van der Waals surface area (Å²) >= 11 is 0. The van der Waals surface area contributed by atoms with Gasteiger partial charge in [0, 0.05) is 31.9 Å². The van der Waals surface area contributed by atoms with Gasteiger partial charge < -0.3 is 14.9 Å². The highest BCUT2D eigenvalue weighted by atomic mass is 16.3. The lowest BCUT2D eigenvalue weighted by Gasteiger charge is -2.35. The van der Waals surface area contributed by atoms with Gasteiger partial charge in [-0.2, -0.15) is 0 Å². The summed E-state index contributed by atoms with van der Waals surface area (Å²) in [7, 11) is 0. The first-order valence-corrected chi connectivity index (χ1v) is 6.29. The molecule has 2 heterocycles. The quantitative estimate of drug-likeness (QED) is 0.849. The second-order valence-electron chi connectivity index (χ2n) is 4.49. The van der Waals surface area contributed by atoms with Crippen LogP contribution in [0.2, 0.25) is 0 Å². The number of aliphatic hydroxyl groups excluding tert-OH is 1. The molecule has 2 rings (SSSR count).